The van der Waals surface area contributed by atoms with Crippen molar-refractivity contribution in [1.29, 1.82) is 0 Å². The molecule has 0 radical (unpaired) electrons. The van der Waals surface area contributed by atoms with Crippen molar-refractivity contribution >= 4 is 11.9 Å². The average Bonchev–Trinajstić information content (AvgIpc) is 2.13. The van der Waals surface area contributed by atoms with E-state index in [1.165, 1.54) is 0 Å². The molecule has 0 rings (SSSR count). The number of esters is 2. The number of rotatable bonds is 5. The predicted octanol–water partition coefficient (Wildman–Crippen LogP) is 0.571. The maximum Gasteiger partial charge on any atom is 0.341 e. The smallest absolute Gasteiger partial charge is 0.341 e. The van der Waals surface area contributed by atoms with Gasteiger partial charge in [-0.1, -0.05) is 13.2 Å². The Morgan fingerprint density at radius 1 is 1.46 bits per heavy atom. The summed E-state index contributed by atoms with van der Waals surface area (Å²) in [6.07, 6.45) is 1.65. The number of hydrogen-bond donors (Lipinski definition) is 1. The lowest BCUT2D eigenvalue weighted by Crippen LogP contribution is -2.11. The van der Waals surface area contributed by atoms with Crippen LogP contribution in [0.4, 0.5) is 0 Å². The lowest BCUT2D eigenvalue weighted by atomic mass is 10.2. The van der Waals surface area contributed by atoms with Crippen LogP contribution < -0.4 is 0 Å². The van der Waals surface area contributed by atoms with Gasteiger partial charge in [-0.15, -0.1) is 0 Å². The fourth-order valence-electron chi connectivity index (χ4n) is 0.600. The Bertz CT molecular complexity index is 230. The van der Waals surface area contributed by atoms with Gasteiger partial charge < -0.3 is 9.84 Å². The van der Waals surface area contributed by atoms with Gasteiger partial charge in [-0.25, -0.2) is 9.59 Å². The average molecular weight is 184 g/mol. The summed E-state index contributed by atoms with van der Waals surface area (Å²) >= 11 is 0. The number of ether oxygens (including phenoxy) is 1. The standard InChI is InChI=1S/C9H12O4/c1-3-8(11)13-9(12)7(2)5-4-6-10/h3,10H,1-2,4-6H2. The van der Waals surface area contributed by atoms with Gasteiger partial charge in [0.25, 0.3) is 0 Å². The van der Waals surface area contributed by atoms with Crippen molar-refractivity contribution in [3.63, 3.8) is 0 Å². The lowest BCUT2D eigenvalue weighted by molar-refractivity contribution is -0.153. The van der Waals surface area contributed by atoms with Gasteiger partial charge in [-0.3, -0.25) is 0 Å². The fourth-order valence-corrected chi connectivity index (χ4v) is 0.600. The summed E-state index contributed by atoms with van der Waals surface area (Å²) in [5, 5.41) is 8.45. The summed E-state index contributed by atoms with van der Waals surface area (Å²) in [7, 11) is 0. The Kier molecular flexibility index (Phi) is 5.47. The third kappa shape index (κ3) is 4.92. The second kappa shape index (κ2) is 6.14. The molecule has 0 aliphatic carbocycles. The molecular weight excluding hydrogens is 172 g/mol. The molecule has 1 N–H and O–H groups in total. The Labute approximate surface area is 76.5 Å². The summed E-state index contributed by atoms with van der Waals surface area (Å²) < 4.78 is 4.28. The van der Waals surface area contributed by atoms with Crippen LogP contribution in [-0.4, -0.2) is 23.7 Å². The van der Waals surface area contributed by atoms with Gasteiger partial charge in [0, 0.05) is 18.3 Å². The Morgan fingerprint density at radius 3 is 2.54 bits per heavy atom. The van der Waals surface area contributed by atoms with Crippen molar-refractivity contribution in [2.75, 3.05) is 6.61 Å². The number of carbonyl (C=O) groups is 2. The first-order valence-electron chi connectivity index (χ1n) is 3.79. The fraction of sp³-hybridized carbons (Fsp3) is 0.333. The maximum atomic E-state index is 10.9. The zero-order valence-corrected chi connectivity index (χ0v) is 7.28. The topological polar surface area (TPSA) is 63.6 Å². The largest absolute Gasteiger partial charge is 0.396 e. The summed E-state index contributed by atoms with van der Waals surface area (Å²) in [5.74, 6) is -1.56. The molecule has 0 aromatic rings. The third-order valence-electron chi connectivity index (χ3n) is 1.29. The van der Waals surface area contributed by atoms with E-state index in [2.05, 4.69) is 17.9 Å². The first kappa shape index (κ1) is 11.6. The van der Waals surface area contributed by atoms with Gasteiger partial charge in [-0.2, -0.15) is 0 Å². The molecule has 72 valence electrons. The van der Waals surface area contributed by atoms with Crippen LogP contribution in [-0.2, 0) is 14.3 Å². The van der Waals surface area contributed by atoms with Crippen LogP contribution in [0, 0.1) is 0 Å². The molecule has 0 amide bonds. The van der Waals surface area contributed by atoms with Crippen molar-refractivity contribution < 1.29 is 19.4 Å². The second-order valence-electron chi connectivity index (χ2n) is 2.34. The van der Waals surface area contributed by atoms with Gasteiger partial charge in [0.1, 0.15) is 0 Å². The van der Waals surface area contributed by atoms with Crippen molar-refractivity contribution in [1.82, 2.24) is 0 Å². The van der Waals surface area contributed by atoms with Crippen LogP contribution in [0.15, 0.2) is 24.8 Å². The molecule has 4 heteroatoms. The van der Waals surface area contributed by atoms with E-state index in [-0.39, 0.29) is 12.2 Å². The molecule has 0 fully saturated rings. The third-order valence-corrected chi connectivity index (χ3v) is 1.29. The molecule has 0 aromatic heterocycles. The molecule has 13 heavy (non-hydrogen) atoms. The van der Waals surface area contributed by atoms with E-state index in [0.29, 0.717) is 12.8 Å². The van der Waals surface area contributed by atoms with Crippen LogP contribution in [0.25, 0.3) is 0 Å². The zero-order valence-electron chi connectivity index (χ0n) is 7.28. The zero-order chi connectivity index (χ0) is 10.3. The first-order valence-corrected chi connectivity index (χ1v) is 3.79. The van der Waals surface area contributed by atoms with E-state index in [1.807, 2.05) is 0 Å². The van der Waals surface area contributed by atoms with Gasteiger partial charge >= 0.3 is 11.9 Å². The lowest BCUT2D eigenvalue weighted by Gasteiger charge is -2.01. The SMILES string of the molecule is C=CC(=O)OC(=O)C(=C)CCCO. The van der Waals surface area contributed by atoms with E-state index in [9.17, 15) is 9.59 Å². The minimum absolute atomic E-state index is 0.0261. The quantitative estimate of drug-likeness (QED) is 0.385. The molecule has 0 saturated carbocycles. The molecule has 0 aromatic carbocycles. The number of carbonyl (C=O) groups excluding carboxylic acids is 2. The van der Waals surface area contributed by atoms with E-state index >= 15 is 0 Å². The first-order chi connectivity index (χ1) is 6.11. The highest BCUT2D eigenvalue weighted by Gasteiger charge is 2.10. The second-order valence-corrected chi connectivity index (χ2v) is 2.34. The van der Waals surface area contributed by atoms with Crippen LogP contribution in [0.5, 0.6) is 0 Å². The summed E-state index contributed by atoms with van der Waals surface area (Å²) in [6.45, 7) is 6.52. The molecule has 0 saturated heterocycles. The Morgan fingerprint density at radius 2 is 2.08 bits per heavy atom. The summed E-state index contributed by atoms with van der Waals surface area (Å²) in [4.78, 5) is 21.5. The minimum atomic E-state index is -0.796. The molecule has 4 nitrogen and oxygen atoms in total. The predicted molar refractivity (Wildman–Crippen MR) is 46.8 cm³/mol. The maximum absolute atomic E-state index is 10.9. The number of hydrogen-bond acceptors (Lipinski definition) is 4. The van der Waals surface area contributed by atoms with Crippen LogP contribution in [0.2, 0.25) is 0 Å². The van der Waals surface area contributed by atoms with Crippen molar-refractivity contribution in [2.24, 2.45) is 0 Å². The molecule has 0 unspecified atom stereocenters. The van der Waals surface area contributed by atoms with E-state index in [4.69, 9.17) is 5.11 Å². The normalized spacial score (nSPS) is 9.00. The van der Waals surface area contributed by atoms with Crippen LogP contribution in [0.1, 0.15) is 12.8 Å². The van der Waals surface area contributed by atoms with Crippen molar-refractivity contribution in [2.45, 2.75) is 12.8 Å². The molecule has 0 spiro atoms. The van der Waals surface area contributed by atoms with Gasteiger partial charge in [0.15, 0.2) is 0 Å². The highest BCUT2D eigenvalue weighted by Crippen LogP contribution is 2.04. The molecule has 0 heterocycles. The van der Waals surface area contributed by atoms with Gasteiger partial charge in [-0.05, 0) is 12.8 Å². The highest BCUT2D eigenvalue weighted by molar-refractivity contribution is 5.98. The highest BCUT2D eigenvalue weighted by atomic mass is 16.6. The molecule has 0 atom stereocenters. The minimum Gasteiger partial charge on any atom is -0.396 e. The van der Waals surface area contributed by atoms with E-state index in [1.54, 1.807) is 0 Å². The molecule has 0 bridgehead atoms. The summed E-state index contributed by atoms with van der Waals surface area (Å²) in [6, 6.07) is 0. The number of aliphatic hydroxyl groups is 1. The number of aliphatic hydroxyl groups excluding tert-OH is 1. The molecular formula is C9H12O4. The van der Waals surface area contributed by atoms with Crippen LogP contribution >= 0.6 is 0 Å². The van der Waals surface area contributed by atoms with E-state index < -0.39 is 11.9 Å². The van der Waals surface area contributed by atoms with Crippen molar-refractivity contribution in [3.8, 4) is 0 Å². The molecule has 0 aliphatic heterocycles. The Hall–Kier alpha value is -1.42. The van der Waals surface area contributed by atoms with Crippen LogP contribution in [0.3, 0.4) is 0 Å². The van der Waals surface area contributed by atoms with E-state index in [0.717, 1.165) is 6.08 Å². The monoisotopic (exact) mass is 184 g/mol. The summed E-state index contributed by atoms with van der Waals surface area (Å²) in [5.41, 5.74) is 0.171. The van der Waals surface area contributed by atoms with Gasteiger partial charge in [0.05, 0.1) is 0 Å². The van der Waals surface area contributed by atoms with Gasteiger partial charge in [0.2, 0.25) is 0 Å². The Balaban J connectivity index is 3.89. The molecule has 0 aliphatic rings. The van der Waals surface area contributed by atoms with Crippen molar-refractivity contribution in [3.05, 3.63) is 24.8 Å².